The maximum Gasteiger partial charge on any atom is 0.158 e. The summed E-state index contributed by atoms with van der Waals surface area (Å²) in [5, 5.41) is 7.81. The van der Waals surface area contributed by atoms with E-state index in [9.17, 15) is 0 Å². The highest BCUT2D eigenvalue weighted by Gasteiger charge is 2.05. The first-order valence-electron chi connectivity index (χ1n) is 5.10. The Kier molecular flexibility index (Phi) is 2.11. The van der Waals surface area contributed by atoms with Crippen molar-refractivity contribution in [2.75, 3.05) is 0 Å². The first-order valence-corrected chi connectivity index (χ1v) is 5.10. The van der Waals surface area contributed by atoms with Gasteiger partial charge in [0, 0.05) is 6.42 Å². The van der Waals surface area contributed by atoms with Gasteiger partial charge in [-0.1, -0.05) is 30.3 Å². The number of hydrogen-bond donors (Lipinski definition) is 1. The Hall–Kier alpha value is -2.23. The molecule has 3 aromatic rings. The summed E-state index contributed by atoms with van der Waals surface area (Å²) < 4.78 is 0. The largest absolute Gasteiger partial charge is 0.261 e. The van der Waals surface area contributed by atoms with Gasteiger partial charge in [-0.25, -0.2) is 9.97 Å². The minimum absolute atomic E-state index is 0.793. The normalized spacial score (nSPS) is 10.8. The average molecular weight is 210 g/mol. The van der Waals surface area contributed by atoms with Crippen molar-refractivity contribution < 1.29 is 0 Å². The second kappa shape index (κ2) is 3.73. The maximum atomic E-state index is 4.30. The van der Waals surface area contributed by atoms with E-state index in [1.165, 1.54) is 5.56 Å². The number of H-pyrrole nitrogens is 1. The summed E-state index contributed by atoms with van der Waals surface area (Å²) in [6.45, 7) is 0. The van der Waals surface area contributed by atoms with Crippen LogP contribution >= 0.6 is 0 Å². The fraction of sp³-hybridized carbons (Fsp3) is 0.0833. The number of fused-ring (bicyclic) bond motifs is 1. The van der Waals surface area contributed by atoms with E-state index in [-0.39, 0.29) is 0 Å². The van der Waals surface area contributed by atoms with Gasteiger partial charge in [-0.3, -0.25) is 5.10 Å². The number of aromatic nitrogens is 4. The standard InChI is InChI=1S/C12H10N4/c1-2-4-9(5-3-1)6-11-10-7-15-16-12(10)14-8-13-11/h1-5,7-8H,6H2,(H,13,14,15,16). The Morgan fingerprint density at radius 2 is 1.94 bits per heavy atom. The summed E-state index contributed by atoms with van der Waals surface area (Å²) in [5.41, 5.74) is 3.04. The molecule has 2 aromatic heterocycles. The summed E-state index contributed by atoms with van der Waals surface area (Å²) in [6.07, 6.45) is 4.14. The third-order valence-corrected chi connectivity index (χ3v) is 2.54. The van der Waals surface area contributed by atoms with Crippen LogP contribution in [0.3, 0.4) is 0 Å². The van der Waals surface area contributed by atoms with Crippen molar-refractivity contribution in [1.29, 1.82) is 0 Å². The molecule has 0 fully saturated rings. The third-order valence-electron chi connectivity index (χ3n) is 2.54. The minimum atomic E-state index is 0.793. The van der Waals surface area contributed by atoms with E-state index in [4.69, 9.17) is 0 Å². The third kappa shape index (κ3) is 1.54. The van der Waals surface area contributed by atoms with Crippen molar-refractivity contribution in [2.45, 2.75) is 6.42 Å². The molecule has 0 bridgehead atoms. The van der Waals surface area contributed by atoms with Gasteiger partial charge in [0.25, 0.3) is 0 Å². The number of rotatable bonds is 2. The first kappa shape index (κ1) is 9.03. The van der Waals surface area contributed by atoms with Crippen molar-refractivity contribution in [1.82, 2.24) is 20.2 Å². The van der Waals surface area contributed by atoms with Gasteiger partial charge in [-0.05, 0) is 5.56 Å². The second-order valence-electron chi connectivity index (χ2n) is 3.62. The lowest BCUT2D eigenvalue weighted by atomic mass is 10.1. The molecule has 2 heterocycles. The van der Waals surface area contributed by atoms with Crippen LogP contribution in [0.15, 0.2) is 42.9 Å². The van der Waals surface area contributed by atoms with Crippen LogP contribution in [0.2, 0.25) is 0 Å². The monoisotopic (exact) mass is 210 g/mol. The molecule has 0 unspecified atom stereocenters. The highest BCUT2D eigenvalue weighted by molar-refractivity contribution is 5.76. The number of hydrogen-bond acceptors (Lipinski definition) is 3. The molecule has 1 aromatic carbocycles. The number of nitrogens with one attached hydrogen (secondary N) is 1. The zero-order valence-corrected chi connectivity index (χ0v) is 8.59. The number of benzene rings is 1. The zero-order chi connectivity index (χ0) is 10.8. The molecular weight excluding hydrogens is 200 g/mol. The molecule has 0 saturated carbocycles. The van der Waals surface area contributed by atoms with Crippen molar-refractivity contribution in [3.63, 3.8) is 0 Å². The van der Waals surface area contributed by atoms with Gasteiger partial charge in [0.1, 0.15) is 6.33 Å². The van der Waals surface area contributed by atoms with Crippen LogP contribution in [-0.4, -0.2) is 20.2 Å². The molecule has 0 spiro atoms. The van der Waals surface area contributed by atoms with Crippen molar-refractivity contribution in [2.24, 2.45) is 0 Å². The maximum absolute atomic E-state index is 4.30. The van der Waals surface area contributed by atoms with E-state index in [1.54, 1.807) is 12.5 Å². The van der Waals surface area contributed by atoms with Crippen LogP contribution in [0, 0.1) is 0 Å². The smallest absolute Gasteiger partial charge is 0.158 e. The Labute approximate surface area is 92.4 Å². The van der Waals surface area contributed by atoms with Gasteiger partial charge in [0.2, 0.25) is 0 Å². The quantitative estimate of drug-likeness (QED) is 0.703. The lowest BCUT2D eigenvalue weighted by molar-refractivity contribution is 1.05. The SMILES string of the molecule is c1ccc(Cc2ncnc3[nH]ncc23)cc1. The highest BCUT2D eigenvalue weighted by Crippen LogP contribution is 2.14. The van der Waals surface area contributed by atoms with Crippen LogP contribution < -0.4 is 0 Å². The number of nitrogens with zero attached hydrogens (tertiary/aromatic N) is 3. The fourth-order valence-corrected chi connectivity index (χ4v) is 1.74. The van der Waals surface area contributed by atoms with Gasteiger partial charge >= 0.3 is 0 Å². The predicted octanol–water partition coefficient (Wildman–Crippen LogP) is 1.94. The highest BCUT2D eigenvalue weighted by atomic mass is 15.1. The summed E-state index contributed by atoms with van der Waals surface area (Å²) in [6, 6.07) is 10.3. The van der Waals surface area contributed by atoms with E-state index in [0.29, 0.717) is 0 Å². The molecule has 0 aliphatic heterocycles. The molecule has 16 heavy (non-hydrogen) atoms. The summed E-state index contributed by atoms with van der Waals surface area (Å²) in [7, 11) is 0. The van der Waals surface area contributed by atoms with Gasteiger partial charge in [0.05, 0.1) is 17.3 Å². The lowest BCUT2D eigenvalue weighted by Crippen LogP contribution is -1.93. The number of aromatic amines is 1. The molecule has 3 rings (SSSR count). The molecule has 0 saturated heterocycles. The van der Waals surface area contributed by atoms with E-state index in [1.807, 2.05) is 18.2 Å². The summed E-state index contributed by atoms with van der Waals surface area (Å²) >= 11 is 0. The summed E-state index contributed by atoms with van der Waals surface area (Å²) in [5.74, 6) is 0. The molecule has 4 nitrogen and oxygen atoms in total. The Bertz CT molecular complexity index is 600. The van der Waals surface area contributed by atoms with E-state index < -0.39 is 0 Å². The molecular formula is C12H10N4. The van der Waals surface area contributed by atoms with Crippen LogP contribution in [0.1, 0.15) is 11.3 Å². The predicted molar refractivity (Wildman–Crippen MR) is 60.9 cm³/mol. The van der Waals surface area contributed by atoms with Gasteiger partial charge in [-0.2, -0.15) is 5.10 Å². The Morgan fingerprint density at radius 3 is 2.81 bits per heavy atom. The molecule has 0 amide bonds. The van der Waals surface area contributed by atoms with Crippen molar-refractivity contribution >= 4 is 11.0 Å². The lowest BCUT2D eigenvalue weighted by Gasteiger charge is -2.01. The van der Waals surface area contributed by atoms with E-state index in [2.05, 4.69) is 32.3 Å². The molecule has 4 heteroatoms. The van der Waals surface area contributed by atoms with Crippen molar-refractivity contribution in [3.8, 4) is 0 Å². The van der Waals surface area contributed by atoms with Crippen LogP contribution in [0.25, 0.3) is 11.0 Å². The van der Waals surface area contributed by atoms with Crippen LogP contribution in [0.4, 0.5) is 0 Å². The average Bonchev–Trinajstić information content (AvgIpc) is 2.80. The van der Waals surface area contributed by atoms with Gasteiger partial charge < -0.3 is 0 Å². The fourth-order valence-electron chi connectivity index (χ4n) is 1.74. The molecule has 0 radical (unpaired) electrons. The molecule has 0 aliphatic rings. The van der Waals surface area contributed by atoms with E-state index in [0.717, 1.165) is 23.1 Å². The molecule has 0 atom stereocenters. The van der Waals surface area contributed by atoms with Crippen molar-refractivity contribution in [3.05, 3.63) is 54.1 Å². The molecule has 78 valence electrons. The summed E-state index contributed by atoms with van der Waals surface area (Å²) in [4.78, 5) is 8.42. The van der Waals surface area contributed by atoms with Gasteiger partial charge in [0.15, 0.2) is 5.65 Å². The Morgan fingerprint density at radius 1 is 1.06 bits per heavy atom. The first-order chi connectivity index (χ1) is 7.93. The molecule has 0 aliphatic carbocycles. The minimum Gasteiger partial charge on any atom is -0.261 e. The topological polar surface area (TPSA) is 54.5 Å². The Balaban J connectivity index is 2.04. The van der Waals surface area contributed by atoms with E-state index >= 15 is 0 Å². The molecule has 1 N–H and O–H groups in total. The van der Waals surface area contributed by atoms with Gasteiger partial charge in [-0.15, -0.1) is 0 Å². The zero-order valence-electron chi connectivity index (χ0n) is 8.59. The second-order valence-corrected chi connectivity index (χ2v) is 3.62. The van der Waals surface area contributed by atoms with Crippen LogP contribution in [0.5, 0.6) is 0 Å². The van der Waals surface area contributed by atoms with Crippen LogP contribution in [-0.2, 0) is 6.42 Å².